The van der Waals surface area contributed by atoms with E-state index in [4.69, 9.17) is 4.55 Å². The monoisotopic (exact) mass is 597 g/mol. The Morgan fingerprint density at radius 1 is 1.05 bits per heavy atom. The molecule has 0 saturated carbocycles. The number of halogens is 3. The van der Waals surface area contributed by atoms with Crippen LogP contribution in [0.2, 0.25) is 0 Å². The Kier molecular flexibility index (Phi) is 8.41. The number of H-pyrrole nitrogens is 1. The van der Waals surface area contributed by atoms with Gasteiger partial charge in [0, 0.05) is 34.0 Å². The molecule has 0 unspecified atom stereocenters. The highest BCUT2D eigenvalue weighted by molar-refractivity contribution is 7.85. The number of aromatic amines is 1. The van der Waals surface area contributed by atoms with Gasteiger partial charge in [0.2, 0.25) is 0 Å². The number of amides is 1. The number of hydrogen-bond acceptors (Lipinski definition) is 7. The van der Waals surface area contributed by atoms with Crippen LogP contribution in [0.1, 0.15) is 38.4 Å². The summed E-state index contributed by atoms with van der Waals surface area (Å²) in [6, 6.07) is 9.97. The summed E-state index contributed by atoms with van der Waals surface area (Å²) >= 11 is 0. The Morgan fingerprint density at radius 3 is 2.45 bits per heavy atom. The number of benzene rings is 2. The predicted octanol–water partition coefficient (Wildman–Crippen LogP) is 4.33. The highest BCUT2D eigenvalue weighted by Gasteiger charge is 2.31. The molecule has 1 amide bonds. The van der Waals surface area contributed by atoms with Crippen LogP contribution in [0, 0.1) is 25.7 Å². The zero-order chi connectivity index (χ0) is 30.7. The van der Waals surface area contributed by atoms with Gasteiger partial charge in [0.1, 0.15) is 12.2 Å². The second-order valence-corrected chi connectivity index (χ2v) is 10.5. The molecule has 0 bridgehead atoms. The van der Waals surface area contributed by atoms with Crippen molar-refractivity contribution in [2.24, 2.45) is 0 Å². The number of nitrogens with one attached hydrogen (secondary N) is 2. The summed E-state index contributed by atoms with van der Waals surface area (Å²) in [5.41, 5.74) is 2.16. The maximum Gasteiger partial charge on any atom is 0.416 e. The van der Waals surface area contributed by atoms with E-state index in [1.165, 1.54) is 17.1 Å². The third-order valence-corrected chi connectivity index (χ3v) is 5.51. The molecule has 3 heterocycles. The molecule has 0 saturated heterocycles. The molecular formula is C27H22F3N7O4S. The molecule has 5 aromatic rings. The summed E-state index contributed by atoms with van der Waals surface area (Å²) in [4.78, 5) is 21.2. The molecule has 0 fully saturated rings. The van der Waals surface area contributed by atoms with Gasteiger partial charge in [-0.2, -0.15) is 31.8 Å². The van der Waals surface area contributed by atoms with Crippen LogP contribution in [0.25, 0.3) is 16.7 Å². The molecule has 11 nitrogen and oxygen atoms in total. The molecule has 3 aromatic heterocycles. The van der Waals surface area contributed by atoms with E-state index in [-0.39, 0.29) is 16.9 Å². The SMILES string of the molecule is CS(=O)(=O)O.Cc1ncn(-c2cc(NC(=O)c3ccc(C)c(C#Cc4cnc5[nH]ncc5c4)c3)cc(C(F)(F)F)c2)n1. The lowest BCUT2D eigenvalue weighted by molar-refractivity contribution is -0.137. The molecule has 15 heteroatoms. The van der Waals surface area contributed by atoms with E-state index in [0.29, 0.717) is 28.9 Å². The van der Waals surface area contributed by atoms with Crippen molar-refractivity contribution in [1.29, 1.82) is 0 Å². The Balaban J connectivity index is 0.000000748. The van der Waals surface area contributed by atoms with Gasteiger partial charge in [-0.3, -0.25) is 14.4 Å². The first-order valence-electron chi connectivity index (χ1n) is 11.9. The fourth-order valence-electron chi connectivity index (χ4n) is 3.60. The summed E-state index contributed by atoms with van der Waals surface area (Å²) in [5.74, 6) is 5.88. The first-order valence-corrected chi connectivity index (χ1v) is 13.8. The van der Waals surface area contributed by atoms with Crippen LogP contribution in [0.15, 0.2) is 61.2 Å². The number of carbonyl (C=O) groups is 1. The molecule has 3 N–H and O–H groups in total. The second kappa shape index (κ2) is 11.8. The van der Waals surface area contributed by atoms with Crippen molar-refractivity contribution in [2.45, 2.75) is 20.0 Å². The summed E-state index contributed by atoms with van der Waals surface area (Å²) < 4.78 is 67.7. The zero-order valence-corrected chi connectivity index (χ0v) is 23.0. The van der Waals surface area contributed by atoms with Crippen molar-refractivity contribution in [3.63, 3.8) is 0 Å². The van der Waals surface area contributed by atoms with Crippen molar-refractivity contribution < 1.29 is 30.9 Å². The van der Waals surface area contributed by atoms with Gasteiger partial charge in [0.15, 0.2) is 5.65 Å². The number of pyridine rings is 1. The number of rotatable bonds is 3. The van der Waals surface area contributed by atoms with E-state index < -0.39 is 27.8 Å². The van der Waals surface area contributed by atoms with Crippen LogP contribution >= 0.6 is 0 Å². The minimum atomic E-state index is -4.62. The lowest BCUT2D eigenvalue weighted by atomic mass is 10.0. The van der Waals surface area contributed by atoms with Crippen LogP contribution in [-0.4, -0.2) is 55.1 Å². The minimum Gasteiger partial charge on any atom is -0.322 e. The Bertz CT molecular complexity index is 1950. The summed E-state index contributed by atoms with van der Waals surface area (Å²) in [7, 11) is -3.67. The molecule has 2 aromatic carbocycles. The Morgan fingerprint density at radius 2 is 1.79 bits per heavy atom. The lowest BCUT2D eigenvalue weighted by Gasteiger charge is -2.13. The average Bonchev–Trinajstić information content (AvgIpc) is 3.55. The van der Waals surface area contributed by atoms with Gasteiger partial charge in [-0.25, -0.2) is 14.6 Å². The zero-order valence-electron chi connectivity index (χ0n) is 22.2. The highest BCUT2D eigenvalue weighted by Crippen LogP contribution is 2.33. The second-order valence-electron chi connectivity index (χ2n) is 9.00. The quantitative estimate of drug-likeness (QED) is 0.205. The number of hydrogen-bond donors (Lipinski definition) is 3. The van der Waals surface area contributed by atoms with Gasteiger partial charge in [0.05, 0.1) is 23.7 Å². The number of aryl methyl sites for hydroxylation is 2. The summed E-state index contributed by atoms with van der Waals surface area (Å²) in [5, 5.41) is 14.1. The van der Waals surface area contributed by atoms with E-state index in [1.807, 2.05) is 13.0 Å². The van der Waals surface area contributed by atoms with Gasteiger partial charge >= 0.3 is 6.18 Å². The minimum absolute atomic E-state index is 0.0318. The standard InChI is InChI=1S/C26H18F3N7O.CH4O3S/c1-15-3-5-19(8-18(15)6-4-17-7-20-13-32-34-24(20)30-12-17)25(37)33-22-9-21(26(27,28)29)10-23(11-22)36-14-31-16(2)35-36;1-5(2,3)4/h3,5,7-14H,1-2H3,(H,33,37)(H,30,32,34);1H3,(H,2,3,4). The fraction of sp³-hybridized carbons (Fsp3) is 0.148. The van der Waals surface area contributed by atoms with Crippen LogP contribution in [0.5, 0.6) is 0 Å². The lowest BCUT2D eigenvalue weighted by Crippen LogP contribution is -2.14. The van der Waals surface area contributed by atoms with Crippen molar-refractivity contribution in [2.75, 3.05) is 11.6 Å². The van der Waals surface area contributed by atoms with Gasteiger partial charge < -0.3 is 5.32 Å². The highest BCUT2D eigenvalue weighted by atomic mass is 32.2. The normalized spacial score (nSPS) is 11.3. The largest absolute Gasteiger partial charge is 0.416 e. The molecule has 42 heavy (non-hydrogen) atoms. The van der Waals surface area contributed by atoms with Gasteiger partial charge in [-0.05, 0) is 55.8 Å². The van der Waals surface area contributed by atoms with Crippen molar-refractivity contribution >= 4 is 32.7 Å². The average molecular weight is 598 g/mol. The van der Waals surface area contributed by atoms with E-state index in [1.54, 1.807) is 37.5 Å². The van der Waals surface area contributed by atoms with Gasteiger partial charge in [0.25, 0.3) is 16.0 Å². The van der Waals surface area contributed by atoms with Crippen molar-refractivity contribution in [1.82, 2.24) is 29.9 Å². The molecule has 0 aliphatic carbocycles. The molecule has 216 valence electrons. The number of fused-ring (bicyclic) bond motifs is 1. The van der Waals surface area contributed by atoms with Crippen LogP contribution < -0.4 is 5.32 Å². The topological polar surface area (TPSA) is 156 Å². The fourth-order valence-corrected chi connectivity index (χ4v) is 3.60. The number of anilines is 1. The third kappa shape index (κ3) is 7.99. The summed E-state index contributed by atoms with van der Waals surface area (Å²) in [6.07, 6.45) is 0.661. The predicted molar refractivity (Wildman–Crippen MR) is 148 cm³/mol. The van der Waals surface area contributed by atoms with Gasteiger partial charge in [-0.15, -0.1) is 0 Å². The van der Waals surface area contributed by atoms with Crippen LogP contribution in [0.4, 0.5) is 18.9 Å². The molecule has 0 aliphatic rings. The van der Waals surface area contributed by atoms with E-state index in [9.17, 15) is 26.4 Å². The number of nitrogens with zero attached hydrogens (tertiary/aromatic N) is 5. The van der Waals surface area contributed by atoms with E-state index in [2.05, 4.69) is 42.4 Å². The smallest absolute Gasteiger partial charge is 0.322 e. The molecule has 5 rings (SSSR count). The molecule has 0 aliphatic heterocycles. The molecular weight excluding hydrogens is 575 g/mol. The molecule has 0 spiro atoms. The maximum atomic E-state index is 13.5. The van der Waals surface area contributed by atoms with Crippen LogP contribution in [0.3, 0.4) is 0 Å². The molecule has 0 atom stereocenters. The van der Waals surface area contributed by atoms with E-state index in [0.717, 1.165) is 23.1 Å². The number of alkyl halides is 3. The van der Waals surface area contributed by atoms with Gasteiger partial charge in [-0.1, -0.05) is 17.9 Å². The van der Waals surface area contributed by atoms with Crippen molar-refractivity contribution in [3.8, 4) is 17.5 Å². The van der Waals surface area contributed by atoms with Crippen molar-refractivity contribution in [3.05, 3.63) is 94.8 Å². The third-order valence-electron chi connectivity index (χ3n) is 5.51. The Hall–Kier alpha value is -5.07. The number of aromatic nitrogens is 6. The summed E-state index contributed by atoms with van der Waals surface area (Å²) in [6.45, 7) is 3.47. The molecule has 0 radical (unpaired) electrons. The first-order chi connectivity index (χ1) is 19.7. The van der Waals surface area contributed by atoms with E-state index >= 15 is 0 Å². The Labute approximate surface area is 237 Å². The first kappa shape index (κ1) is 29.9. The van der Waals surface area contributed by atoms with Crippen LogP contribution in [-0.2, 0) is 16.3 Å². The maximum absolute atomic E-state index is 13.5. The number of carbonyl (C=O) groups excluding carboxylic acids is 1.